The lowest BCUT2D eigenvalue weighted by molar-refractivity contribution is -0.144. The van der Waals surface area contributed by atoms with E-state index in [1.807, 2.05) is 13.8 Å². The standard InChI is InChI=1S/C15H23NO4/c1-10(2)14(15(18)20-4)16-9-13(17)11-5-7-12(19-3)8-6-11/h5-8,10,13-14,16-17H,9H2,1-4H3. The summed E-state index contributed by atoms with van der Waals surface area (Å²) in [5.41, 5.74) is 0.769. The van der Waals surface area contributed by atoms with E-state index in [-0.39, 0.29) is 18.4 Å². The van der Waals surface area contributed by atoms with Crippen LogP contribution in [0.5, 0.6) is 5.75 Å². The first-order valence-corrected chi connectivity index (χ1v) is 6.62. The van der Waals surface area contributed by atoms with E-state index in [2.05, 4.69) is 5.32 Å². The lowest BCUT2D eigenvalue weighted by Gasteiger charge is -2.22. The summed E-state index contributed by atoms with van der Waals surface area (Å²) in [6.45, 7) is 4.13. The lowest BCUT2D eigenvalue weighted by atomic mass is 10.0. The van der Waals surface area contributed by atoms with Crippen molar-refractivity contribution in [3.63, 3.8) is 0 Å². The molecule has 0 radical (unpaired) electrons. The van der Waals surface area contributed by atoms with E-state index in [0.29, 0.717) is 0 Å². The first-order chi connectivity index (χ1) is 9.49. The molecule has 112 valence electrons. The number of rotatable bonds is 7. The van der Waals surface area contributed by atoms with Crippen LogP contribution in [-0.4, -0.2) is 37.9 Å². The van der Waals surface area contributed by atoms with Crippen molar-refractivity contribution in [3.05, 3.63) is 29.8 Å². The van der Waals surface area contributed by atoms with Gasteiger partial charge in [0, 0.05) is 6.54 Å². The number of esters is 1. The molecule has 1 aromatic carbocycles. The topological polar surface area (TPSA) is 67.8 Å². The van der Waals surface area contributed by atoms with Gasteiger partial charge >= 0.3 is 5.97 Å². The third-order valence-electron chi connectivity index (χ3n) is 3.15. The predicted molar refractivity (Wildman–Crippen MR) is 76.6 cm³/mol. The Kier molecular flexibility index (Phi) is 6.48. The molecule has 0 spiro atoms. The van der Waals surface area contributed by atoms with E-state index in [0.717, 1.165) is 11.3 Å². The van der Waals surface area contributed by atoms with Crippen LogP contribution in [0.1, 0.15) is 25.5 Å². The number of aliphatic hydroxyl groups excluding tert-OH is 1. The van der Waals surface area contributed by atoms with Crippen LogP contribution in [0.25, 0.3) is 0 Å². The summed E-state index contributed by atoms with van der Waals surface area (Å²) < 4.78 is 9.81. The minimum atomic E-state index is -0.688. The van der Waals surface area contributed by atoms with Gasteiger partial charge in [-0.25, -0.2) is 0 Å². The molecule has 0 aliphatic carbocycles. The Morgan fingerprint density at radius 3 is 2.30 bits per heavy atom. The molecule has 0 fully saturated rings. The smallest absolute Gasteiger partial charge is 0.323 e. The molecule has 1 rings (SSSR count). The van der Waals surface area contributed by atoms with E-state index in [4.69, 9.17) is 9.47 Å². The molecule has 0 aromatic heterocycles. The normalized spacial score (nSPS) is 13.9. The third kappa shape index (κ3) is 4.51. The monoisotopic (exact) mass is 281 g/mol. The lowest BCUT2D eigenvalue weighted by Crippen LogP contribution is -2.43. The number of carbonyl (C=O) groups excluding carboxylic acids is 1. The van der Waals surface area contributed by atoms with Gasteiger partial charge in [-0.2, -0.15) is 0 Å². The molecule has 0 amide bonds. The molecular weight excluding hydrogens is 258 g/mol. The maximum Gasteiger partial charge on any atom is 0.323 e. The maximum atomic E-state index is 11.6. The first-order valence-electron chi connectivity index (χ1n) is 6.62. The van der Waals surface area contributed by atoms with Crippen LogP contribution in [0, 0.1) is 5.92 Å². The molecule has 0 saturated carbocycles. The second-order valence-electron chi connectivity index (χ2n) is 4.94. The number of methoxy groups -OCH3 is 2. The largest absolute Gasteiger partial charge is 0.497 e. The van der Waals surface area contributed by atoms with Crippen molar-refractivity contribution in [1.29, 1.82) is 0 Å². The maximum absolute atomic E-state index is 11.6. The summed E-state index contributed by atoms with van der Waals surface area (Å²) in [5.74, 6) is 0.510. The zero-order chi connectivity index (χ0) is 15.1. The molecule has 5 nitrogen and oxygen atoms in total. The number of hydrogen-bond donors (Lipinski definition) is 2. The van der Waals surface area contributed by atoms with Gasteiger partial charge in [-0.1, -0.05) is 26.0 Å². The van der Waals surface area contributed by atoms with Crippen molar-refractivity contribution in [3.8, 4) is 5.75 Å². The molecule has 5 heteroatoms. The van der Waals surface area contributed by atoms with E-state index in [1.54, 1.807) is 31.4 Å². The third-order valence-corrected chi connectivity index (χ3v) is 3.15. The van der Waals surface area contributed by atoms with Gasteiger partial charge in [0.2, 0.25) is 0 Å². The SMILES string of the molecule is COC(=O)C(NCC(O)c1ccc(OC)cc1)C(C)C. The van der Waals surface area contributed by atoms with Gasteiger partial charge in [0.05, 0.1) is 20.3 Å². The number of nitrogens with one attached hydrogen (secondary N) is 1. The van der Waals surface area contributed by atoms with Crippen molar-refractivity contribution in [2.75, 3.05) is 20.8 Å². The summed E-state index contributed by atoms with van der Waals surface area (Å²) >= 11 is 0. The summed E-state index contributed by atoms with van der Waals surface area (Å²) in [4.78, 5) is 11.6. The van der Waals surface area contributed by atoms with Crippen LogP contribution in [0.4, 0.5) is 0 Å². The fourth-order valence-electron chi connectivity index (χ4n) is 1.90. The van der Waals surface area contributed by atoms with Crippen LogP contribution in [0.15, 0.2) is 24.3 Å². The Morgan fingerprint density at radius 2 is 1.85 bits per heavy atom. The minimum Gasteiger partial charge on any atom is -0.497 e. The summed E-state index contributed by atoms with van der Waals surface area (Å²) in [5, 5.41) is 13.2. The van der Waals surface area contributed by atoms with Crippen LogP contribution < -0.4 is 10.1 Å². The molecule has 2 N–H and O–H groups in total. The molecular formula is C15H23NO4. The van der Waals surface area contributed by atoms with Crippen LogP contribution in [-0.2, 0) is 9.53 Å². The van der Waals surface area contributed by atoms with Gasteiger partial charge in [-0.3, -0.25) is 4.79 Å². The molecule has 0 aliphatic heterocycles. The van der Waals surface area contributed by atoms with Crippen LogP contribution in [0.2, 0.25) is 0 Å². The fourth-order valence-corrected chi connectivity index (χ4v) is 1.90. The number of ether oxygens (including phenoxy) is 2. The average molecular weight is 281 g/mol. The number of carbonyl (C=O) groups is 1. The highest BCUT2D eigenvalue weighted by atomic mass is 16.5. The minimum absolute atomic E-state index is 0.0884. The molecule has 1 aromatic rings. The summed E-state index contributed by atoms with van der Waals surface area (Å²) in [6, 6.07) is 6.76. The predicted octanol–water partition coefficient (Wildman–Crippen LogP) is 1.52. The molecule has 2 unspecified atom stereocenters. The van der Waals surface area contributed by atoms with Gasteiger partial charge in [-0.05, 0) is 23.6 Å². The van der Waals surface area contributed by atoms with E-state index in [1.165, 1.54) is 7.11 Å². The summed E-state index contributed by atoms with van der Waals surface area (Å²) in [7, 11) is 2.95. The average Bonchev–Trinajstić information content (AvgIpc) is 2.46. The zero-order valence-corrected chi connectivity index (χ0v) is 12.4. The fraction of sp³-hybridized carbons (Fsp3) is 0.533. The van der Waals surface area contributed by atoms with Crippen molar-refractivity contribution < 1.29 is 19.4 Å². The molecule has 0 saturated heterocycles. The van der Waals surface area contributed by atoms with Crippen molar-refractivity contribution in [1.82, 2.24) is 5.32 Å². The first kappa shape index (κ1) is 16.5. The van der Waals surface area contributed by atoms with Gasteiger partial charge in [0.1, 0.15) is 11.8 Å². The Balaban J connectivity index is 2.60. The second-order valence-corrected chi connectivity index (χ2v) is 4.94. The second kappa shape index (κ2) is 7.87. The molecule has 0 heterocycles. The van der Waals surface area contributed by atoms with E-state index < -0.39 is 12.1 Å². The highest BCUT2D eigenvalue weighted by Crippen LogP contribution is 2.17. The van der Waals surface area contributed by atoms with E-state index in [9.17, 15) is 9.90 Å². The highest BCUT2D eigenvalue weighted by Gasteiger charge is 2.23. The van der Waals surface area contributed by atoms with E-state index >= 15 is 0 Å². The van der Waals surface area contributed by atoms with Crippen LogP contribution >= 0.6 is 0 Å². The Hall–Kier alpha value is -1.59. The van der Waals surface area contributed by atoms with Gasteiger partial charge < -0.3 is 19.9 Å². The van der Waals surface area contributed by atoms with Crippen LogP contribution in [0.3, 0.4) is 0 Å². The highest BCUT2D eigenvalue weighted by molar-refractivity contribution is 5.75. The molecule has 2 atom stereocenters. The van der Waals surface area contributed by atoms with Crippen molar-refractivity contribution in [2.24, 2.45) is 5.92 Å². The zero-order valence-electron chi connectivity index (χ0n) is 12.4. The Morgan fingerprint density at radius 1 is 1.25 bits per heavy atom. The number of aliphatic hydroxyl groups is 1. The summed E-state index contributed by atoms with van der Waals surface area (Å²) in [6.07, 6.45) is -0.688. The Labute approximate surface area is 119 Å². The van der Waals surface area contributed by atoms with Gasteiger partial charge in [0.15, 0.2) is 0 Å². The molecule has 20 heavy (non-hydrogen) atoms. The number of benzene rings is 1. The quantitative estimate of drug-likeness (QED) is 0.742. The Bertz CT molecular complexity index is 416. The van der Waals surface area contributed by atoms with Crippen molar-refractivity contribution in [2.45, 2.75) is 26.0 Å². The van der Waals surface area contributed by atoms with Gasteiger partial charge in [0.25, 0.3) is 0 Å². The molecule has 0 bridgehead atoms. The van der Waals surface area contributed by atoms with Crippen molar-refractivity contribution >= 4 is 5.97 Å². The molecule has 0 aliphatic rings. The van der Waals surface area contributed by atoms with Gasteiger partial charge in [-0.15, -0.1) is 0 Å². The number of hydrogen-bond acceptors (Lipinski definition) is 5.